The smallest absolute Gasteiger partial charge is 0.120 e. The number of methoxy groups -OCH3 is 4. The lowest BCUT2D eigenvalue weighted by molar-refractivity contribution is -0.0682. The molecule has 0 unspecified atom stereocenters. The van der Waals surface area contributed by atoms with E-state index in [-0.39, 0.29) is 0 Å². The van der Waals surface area contributed by atoms with Gasteiger partial charge >= 0.3 is 0 Å². The van der Waals surface area contributed by atoms with Gasteiger partial charge in [-0.1, -0.05) is 48.5 Å². The SMILES string of the molecule is COc1ccc(C2(c3ccc(OC)cc3)CCC(c3ccc(OC)cc3)(c3ccc(OC)cc3)O2)cc1. The molecule has 4 aromatic carbocycles. The molecular weight excluding hydrogens is 464 g/mol. The molecule has 0 atom stereocenters. The van der Waals surface area contributed by atoms with Crippen LogP contribution in [0, 0.1) is 0 Å². The van der Waals surface area contributed by atoms with E-state index < -0.39 is 11.2 Å². The van der Waals surface area contributed by atoms with Crippen LogP contribution in [0.4, 0.5) is 0 Å². The van der Waals surface area contributed by atoms with Gasteiger partial charge in [-0.2, -0.15) is 0 Å². The summed E-state index contributed by atoms with van der Waals surface area (Å²) in [5.41, 5.74) is 2.92. The first kappa shape index (κ1) is 24.7. The van der Waals surface area contributed by atoms with Crippen molar-refractivity contribution in [1.82, 2.24) is 0 Å². The first-order valence-corrected chi connectivity index (χ1v) is 12.4. The van der Waals surface area contributed by atoms with Gasteiger partial charge in [0.25, 0.3) is 0 Å². The van der Waals surface area contributed by atoms with Crippen LogP contribution in [0.1, 0.15) is 35.1 Å². The van der Waals surface area contributed by atoms with Crippen LogP contribution in [0.15, 0.2) is 97.1 Å². The molecule has 0 aromatic heterocycles. The molecule has 0 amide bonds. The Morgan fingerprint density at radius 2 is 0.622 bits per heavy atom. The third-order valence-corrected chi connectivity index (χ3v) is 7.40. The predicted octanol–water partition coefficient (Wildman–Crippen LogP) is 6.72. The van der Waals surface area contributed by atoms with Crippen molar-refractivity contribution in [3.63, 3.8) is 0 Å². The van der Waals surface area contributed by atoms with Gasteiger partial charge < -0.3 is 23.7 Å². The van der Waals surface area contributed by atoms with Crippen LogP contribution in [0.5, 0.6) is 23.0 Å². The molecule has 0 saturated carbocycles. The summed E-state index contributed by atoms with van der Waals surface area (Å²) in [6.07, 6.45) is 1.56. The normalized spacial score (nSPS) is 15.7. The fourth-order valence-electron chi connectivity index (χ4n) is 5.34. The summed E-state index contributed by atoms with van der Waals surface area (Å²) < 4.78 is 29.2. The molecule has 1 heterocycles. The summed E-state index contributed by atoms with van der Waals surface area (Å²) in [6.45, 7) is 0. The van der Waals surface area contributed by atoms with Crippen molar-refractivity contribution < 1.29 is 23.7 Å². The zero-order valence-electron chi connectivity index (χ0n) is 21.7. The Labute approximate surface area is 218 Å². The second-order valence-electron chi connectivity index (χ2n) is 9.17. The van der Waals surface area contributed by atoms with Gasteiger partial charge in [0.05, 0.1) is 28.4 Å². The number of hydrogen-bond acceptors (Lipinski definition) is 5. The molecule has 0 radical (unpaired) electrons. The Morgan fingerprint density at radius 1 is 0.405 bits per heavy atom. The molecule has 0 aliphatic carbocycles. The third-order valence-electron chi connectivity index (χ3n) is 7.40. The van der Waals surface area contributed by atoms with Gasteiger partial charge in [-0.3, -0.25) is 0 Å². The highest BCUT2D eigenvalue weighted by atomic mass is 16.5. The molecule has 1 aliphatic heterocycles. The zero-order chi connectivity index (χ0) is 25.9. The van der Waals surface area contributed by atoms with Crippen molar-refractivity contribution in [2.75, 3.05) is 28.4 Å². The standard InChI is InChI=1S/C32H32O5/c1-33-27-13-5-23(6-14-27)31(24-7-15-28(34-2)16-8-24)21-22-32(37-31,25-9-17-29(35-3)18-10-25)26-11-19-30(36-4)20-12-26/h5-20H,21-22H2,1-4H3. The van der Waals surface area contributed by atoms with Crippen LogP contribution in [0.2, 0.25) is 0 Å². The molecule has 1 saturated heterocycles. The molecule has 5 rings (SSSR count). The van der Waals surface area contributed by atoms with Crippen LogP contribution >= 0.6 is 0 Å². The first-order valence-electron chi connectivity index (χ1n) is 12.4. The second kappa shape index (κ2) is 10.2. The van der Waals surface area contributed by atoms with Crippen molar-refractivity contribution in [3.05, 3.63) is 119 Å². The lowest BCUT2D eigenvalue weighted by Crippen LogP contribution is -2.34. The highest BCUT2D eigenvalue weighted by molar-refractivity contribution is 5.47. The minimum Gasteiger partial charge on any atom is -0.497 e. The fraction of sp³-hybridized carbons (Fsp3) is 0.250. The van der Waals surface area contributed by atoms with Gasteiger partial charge in [-0.15, -0.1) is 0 Å². The Hall–Kier alpha value is -3.96. The quantitative estimate of drug-likeness (QED) is 0.271. The van der Waals surface area contributed by atoms with E-state index >= 15 is 0 Å². The van der Waals surface area contributed by atoms with Crippen LogP contribution in [0.25, 0.3) is 0 Å². The number of rotatable bonds is 8. The predicted molar refractivity (Wildman–Crippen MR) is 144 cm³/mol. The lowest BCUT2D eigenvalue weighted by atomic mass is 9.81. The average molecular weight is 497 g/mol. The van der Waals surface area contributed by atoms with E-state index in [2.05, 4.69) is 48.5 Å². The molecule has 0 bridgehead atoms. The minimum absolute atomic E-state index is 0.682. The maximum absolute atomic E-state index is 7.41. The lowest BCUT2D eigenvalue weighted by Gasteiger charge is -2.37. The summed E-state index contributed by atoms with van der Waals surface area (Å²) in [6, 6.07) is 32.7. The fourth-order valence-corrected chi connectivity index (χ4v) is 5.34. The number of hydrogen-bond donors (Lipinski definition) is 0. The number of ether oxygens (including phenoxy) is 5. The topological polar surface area (TPSA) is 46.2 Å². The third kappa shape index (κ3) is 4.40. The van der Waals surface area contributed by atoms with Gasteiger partial charge in [0.2, 0.25) is 0 Å². The molecular formula is C32H32O5. The Morgan fingerprint density at radius 3 is 0.811 bits per heavy atom. The highest BCUT2D eigenvalue weighted by Crippen LogP contribution is 2.56. The number of benzene rings is 4. The van der Waals surface area contributed by atoms with Crippen LogP contribution in [-0.4, -0.2) is 28.4 Å². The minimum atomic E-state index is -0.682. The van der Waals surface area contributed by atoms with E-state index in [4.69, 9.17) is 23.7 Å². The van der Waals surface area contributed by atoms with Crippen molar-refractivity contribution in [2.24, 2.45) is 0 Å². The van der Waals surface area contributed by atoms with Gasteiger partial charge in [0.1, 0.15) is 34.2 Å². The van der Waals surface area contributed by atoms with Crippen molar-refractivity contribution in [2.45, 2.75) is 24.0 Å². The molecule has 37 heavy (non-hydrogen) atoms. The van der Waals surface area contributed by atoms with E-state index in [1.165, 1.54) is 0 Å². The Kier molecular flexibility index (Phi) is 6.81. The largest absolute Gasteiger partial charge is 0.497 e. The molecule has 5 nitrogen and oxygen atoms in total. The summed E-state index contributed by atoms with van der Waals surface area (Å²) in [7, 11) is 6.72. The molecule has 0 spiro atoms. The Balaban J connectivity index is 1.69. The molecule has 4 aromatic rings. The molecule has 190 valence electrons. The molecule has 5 heteroatoms. The van der Waals surface area contributed by atoms with Gasteiger partial charge in [0, 0.05) is 0 Å². The summed E-state index contributed by atoms with van der Waals surface area (Å²) in [5.74, 6) is 3.23. The van der Waals surface area contributed by atoms with E-state index in [1.54, 1.807) is 28.4 Å². The van der Waals surface area contributed by atoms with Gasteiger partial charge in [-0.05, 0) is 83.6 Å². The van der Waals surface area contributed by atoms with Gasteiger partial charge in [-0.25, -0.2) is 0 Å². The van der Waals surface area contributed by atoms with E-state index in [9.17, 15) is 0 Å². The maximum atomic E-state index is 7.41. The summed E-state index contributed by atoms with van der Waals surface area (Å²) in [4.78, 5) is 0. The molecule has 0 N–H and O–H groups in total. The van der Waals surface area contributed by atoms with Crippen molar-refractivity contribution in [3.8, 4) is 23.0 Å². The average Bonchev–Trinajstić information content (AvgIpc) is 3.40. The molecule has 1 aliphatic rings. The van der Waals surface area contributed by atoms with E-state index in [0.717, 1.165) is 58.1 Å². The Bertz CT molecular complexity index is 1110. The monoisotopic (exact) mass is 496 g/mol. The van der Waals surface area contributed by atoms with Crippen molar-refractivity contribution >= 4 is 0 Å². The van der Waals surface area contributed by atoms with E-state index in [0.29, 0.717) is 0 Å². The first-order chi connectivity index (χ1) is 18.1. The van der Waals surface area contributed by atoms with E-state index in [1.807, 2.05) is 48.5 Å². The molecule has 1 fully saturated rings. The van der Waals surface area contributed by atoms with Crippen LogP contribution < -0.4 is 18.9 Å². The zero-order valence-corrected chi connectivity index (χ0v) is 21.7. The van der Waals surface area contributed by atoms with Gasteiger partial charge in [0.15, 0.2) is 0 Å². The van der Waals surface area contributed by atoms with Crippen molar-refractivity contribution in [1.29, 1.82) is 0 Å². The highest BCUT2D eigenvalue weighted by Gasteiger charge is 2.53. The summed E-state index contributed by atoms with van der Waals surface area (Å²) >= 11 is 0. The maximum Gasteiger partial charge on any atom is 0.120 e. The van der Waals surface area contributed by atoms with Crippen LogP contribution in [-0.2, 0) is 15.9 Å². The second-order valence-corrected chi connectivity index (χ2v) is 9.17. The summed E-state index contributed by atoms with van der Waals surface area (Å²) in [5, 5.41) is 0. The van der Waals surface area contributed by atoms with Crippen LogP contribution in [0.3, 0.4) is 0 Å².